The zero-order valence-electron chi connectivity index (χ0n) is 19.6. The fourth-order valence-corrected chi connectivity index (χ4v) is 6.18. The van der Waals surface area contributed by atoms with E-state index in [9.17, 15) is 29.4 Å². The van der Waals surface area contributed by atoms with Crippen molar-refractivity contribution in [1.29, 1.82) is 0 Å². The third-order valence-corrected chi connectivity index (χ3v) is 7.96. The third-order valence-electron chi connectivity index (χ3n) is 5.95. The molecule has 0 unspecified atom stereocenters. The summed E-state index contributed by atoms with van der Waals surface area (Å²) in [6, 6.07) is 2.15. The molecule has 5 heterocycles. The minimum absolute atomic E-state index is 0.102. The Balaban J connectivity index is 1.36. The Hall–Kier alpha value is -4.44. The monoisotopic (exact) mass is 558 g/mol. The number of nitrogens with zero attached hydrogens (tertiary/aromatic N) is 5. The number of nitrogens with one attached hydrogen (secondary N) is 1. The van der Waals surface area contributed by atoms with E-state index in [1.54, 1.807) is 29.2 Å². The van der Waals surface area contributed by atoms with Gasteiger partial charge in [-0.25, -0.2) is 14.6 Å². The Kier molecular flexibility index (Phi) is 6.50. The number of thioether (sulfide) groups is 1. The smallest absolute Gasteiger partial charge is 0.352 e. The van der Waals surface area contributed by atoms with Crippen LogP contribution in [0, 0.1) is 0 Å². The fraction of sp³-hybridized carbons (Fsp3) is 0.227. The molecule has 2 aliphatic heterocycles. The normalized spacial score (nSPS) is 19.2. The predicted molar refractivity (Wildman–Crippen MR) is 134 cm³/mol. The molecule has 2 amide bonds. The number of oxime groups is 1. The molecule has 38 heavy (non-hydrogen) atoms. The summed E-state index contributed by atoms with van der Waals surface area (Å²) < 4.78 is 3.22. The van der Waals surface area contributed by atoms with Gasteiger partial charge in [0.15, 0.2) is 29.8 Å². The summed E-state index contributed by atoms with van der Waals surface area (Å²) in [6.07, 6.45) is 4.90. The molecule has 0 spiro atoms. The number of carbonyl (C=O) groups excluding carboxylic acids is 2. The van der Waals surface area contributed by atoms with Crippen LogP contribution in [-0.4, -0.2) is 78.2 Å². The Labute approximate surface area is 222 Å². The largest absolute Gasteiger partial charge is 0.477 e. The molecule has 16 heteroatoms. The van der Waals surface area contributed by atoms with E-state index in [2.05, 4.69) is 15.5 Å². The summed E-state index contributed by atoms with van der Waals surface area (Å²) in [7, 11) is 1.26. The Bertz CT molecular complexity index is 1560. The summed E-state index contributed by atoms with van der Waals surface area (Å²) in [4.78, 5) is 59.4. The Morgan fingerprint density at radius 2 is 2.11 bits per heavy atom. The van der Waals surface area contributed by atoms with Crippen molar-refractivity contribution in [1.82, 2.24) is 19.6 Å². The summed E-state index contributed by atoms with van der Waals surface area (Å²) >= 11 is 2.43. The molecule has 1 saturated heterocycles. The molecule has 3 aromatic heterocycles. The quantitative estimate of drug-likeness (QED) is 0.124. The number of hydrogen-bond acceptors (Lipinski definition) is 10. The summed E-state index contributed by atoms with van der Waals surface area (Å²) in [5.41, 5.74) is 6.74. The van der Waals surface area contributed by atoms with Gasteiger partial charge in [-0.1, -0.05) is 5.16 Å². The number of hydrogen-bond donors (Lipinski definition) is 4. The number of thiazole rings is 1. The zero-order chi connectivity index (χ0) is 27.1. The van der Waals surface area contributed by atoms with Crippen molar-refractivity contribution in [3.05, 3.63) is 58.8 Å². The molecule has 0 aromatic carbocycles. The average Bonchev–Trinajstić information content (AvgIpc) is 3.51. The van der Waals surface area contributed by atoms with Crippen LogP contribution in [0.15, 0.2) is 52.5 Å². The predicted octanol–water partition coefficient (Wildman–Crippen LogP) is -0.247. The van der Waals surface area contributed by atoms with Crippen molar-refractivity contribution in [2.45, 2.75) is 18.0 Å². The molecule has 5 N–H and O–H groups in total. The Morgan fingerprint density at radius 3 is 2.76 bits per heavy atom. The van der Waals surface area contributed by atoms with Crippen LogP contribution < -0.4 is 15.6 Å². The molecule has 0 radical (unpaired) electrons. The number of carboxylic acids is 2. The van der Waals surface area contributed by atoms with Gasteiger partial charge in [0.25, 0.3) is 11.8 Å². The highest BCUT2D eigenvalue weighted by atomic mass is 32.2. The number of carbonyl (C=O) groups is 4. The SMILES string of the molecule is CON=C(C(=O)N[C@@H]1C(=O)N2C(C(=O)O)=C(C[n+]3ccn4c(C(=O)O)ccc4c3)CS[C@@H]12)c1csc(N)n1. The van der Waals surface area contributed by atoms with Crippen LogP contribution in [0.2, 0.25) is 0 Å². The number of carboxylic acid groups (broad SMARTS) is 2. The molecule has 14 nitrogen and oxygen atoms in total. The molecule has 5 rings (SSSR count). The zero-order valence-corrected chi connectivity index (χ0v) is 21.2. The summed E-state index contributed by atoms with van der Waals surface area (Å²) in [5, 5.41) is 26.7. The van der Waals surface area contributed by atoms with Gasteiger partial charge < -0.3 is 26.1 Å². The minimum atomic E-state index is -1.26. The van der Waals surface area contributed by atoms with E-state index in [0.717, 1.165) is 11.3 Å². The maximum absolute atomic E-state index is 13.0. The summed E-state index contributed by atoms with van der Waals surface area (Å²) in [6.45, 7) is 0.169. The molecular weight excluding hydrogens is 538 g/mol. The number of aliphatic carboxylic acids is 1. The van der Waals surface area contributed by atoms with Crippen molar-refractivity contribution in [3.8, 4) is 0 Å². The molecule has 0 saturated carbocycles. The maximum Gasteiger partial charge on any atom is 0.352 e. The molecule has 0 aliphatic carbocycles. The van der Waals surface area contributed by atoms with E-state index in [0.29, 0.717) is 16.8 Å². The lowest BCUT2D eigenvalue weighted by Crippen LogP contribution is -2.71. The maximum atomic E-state index is 13.0. The molecule has 2 atom stereocenters. The van der Waals surface area contributed by atoms with Crippen molar-refractivity contribution in [3.63, 3.8) is 0 Å². The van der Waals surface area contributed by atoms with Gasteiger partial charge in [0.1, 0.15) is 41.1 Å². The number of fused-ring (bicyclic) bond motifs is 2. The lowest BCUT2D eigenvalue weighted by molar-refractivity contribution is -0.688. The van der Waals surface area contributed by atoms with Crippen LogP contribution in [0.25, 0.3) is 5.52 Å². The molecular formula is C22H20N7O7S2+. The first kappa shape index (κ1) is 25.2. The second-order valence-corrected chi connectivity index (χ2v) is 10.2. The Morgan fingerprint density at radius 1 is 1.32 bits per heavy atom. The minimum Gasteiger partial charge on any atom is -0.477 e. The van der Waals surface area contributed by atoms with Crippen LogP contribution in [-0.2, 0) is 25.8 Å². The van der Waals surface area contributed by atoms with Gasteiger partial charge >= 0.3 is 11.9 Å². The van der Waals surface area contributed by atoms with Crippen molar-refractivity contribution < 1.29 is 38.8 Å². The number of rotatable bonds is 8. The average molecular weight is 559 g/mol. The second-order valence-electron chi connectivity index (χ2n) is 8.23. The fourth-order valence-electron chi connectivity index (χ4n) is 4.30. The van der Waals surface area contributed by atoms with Crippen LogP contribution in [0.1, 0.15) is 16.2 Å². The van der Waals surface area contributed by atoms with Gasteiger partial charge in [-0.3, -0.25) is 18.9 Å². The number of nitrogens with two attached hydrogens (primary N) is 1. The topological polar surface area (TPSA) is 193 Å². The van der Waals surface area contributed by atoms with Crippen LogP contribution in [0.5, 0.6) is 0 Å². The van der Waals surface area contributed by atoms with E-state index in [1.165, 1.54) is 39.6 Å². The number of aromatic carboxylic acids is 1. The number of anilines is 1. The lowest BCUT2D eigenvalue weighted by atomic mass is 10.0. The molecule has 3 aromatic rings. The number of nitrogen functional groups attached to an aromatic ring is 1. The first-order chi connectivity index (χ1) is 18.2. The highest BCUT2D eigenvalue weighted by molar-refractivity contribution is 8.00. The second kappa shape index (κ2) is 9.79. The van der Waals surface area contributed by atoms with Crippen molar-refractivity contribution in [2.75, 3.05) is 18.6 Å². The summed E-state index contributed by atoms with van der Waals surface area (Å²) in [5.74, 6) is -3.32. The first-order valence-electron chi connectivity index (χ1n) is 11.0. The van der Waals surface area contributed by atoms with Crippen molar-refractivity contribution >= 4 is 63.2 Å². The molecule has 2 aliphatic rings. The number of β-lactam (4-membered cyclic amide) rings is 1. The highest BCUT2D eigenvalue weighted by Crippen LogP contribution is 2.40. The van der Waals surface area contributed by atoms with Gasteiger partial charge in [-0.2, -0.15) is 4.57 Å². The third kappa shape index (κ3) is 4.32. The standard InChI is InChI=1S/C22H19N7O7S2/c1-36-26-14(12-9-38-22(23)24-12)17(30)25-15-18(31)29-16(21(34)35)10(8-37-19(15)29)6-27-4-5-28-11(7-27)2-3-13(28)20(32)33/h2-5,7,9,15,19H,6,8H2,1H3,(H4-,23,24,25,30,32,33,34,35)/p+1/t15-,19+/m1/s1. The van der Waals surface area contributed by atoms with E-state index in [4.69, 9.17) is 10.6 Å². The van der Waals surface area contributed by atoms with E-state index in [-0.39, 0.29) is 34.5 Å². The van der Waals surface area contributed by atoms with Gasteiger partial charge in [0.05, 0.1) is 6.20 Å². The van der Waals surface area contributed by atoms with Crippen LogP contribution in [0.3, 0.4) is 0 Å². The van der Waals surface area contributed by atoms with Crippen LogP contribution >= 0.6 is 23.1 Å². The first-order valence-corrected chi connectivity index (χ1v) is 12.9. The van der Waals surface area contributed by atoms with E-state index >= 15 is 0 Å². The van der Waals surface area contributed by atoms with E-state index < -0.39 is 35.2 Å². The molecule has 1 fully saturated rings. The van der Waals surface area contributed by atoms with Crippen LogP contribution in [0.4, 0.5) is 5.13 Å². The van der Waals surface area contributed by atoms with Gasteiger partial charge in [0.2, 0.25) is 0 Å². The van der Waals surface area contributed by atoms with E-state index in [1.807, 2.05) is 0 Å². The number of amides is 2. The van der Waals surface area contributed by atoms with Gasteiger partial charge in [-0.05, 0) is 12.1 Å². The van der Waals surface area contributed by atoms with Crippen molar-refractivity contribution in [2.24, 2.45) is 5.16 Å². The lowest BCUT2D eigenvalue weighted by Gasteiger charge is -2.49. The van der Waals surface area contributed by atoms with Gasteiger partial charge in [0, 0.05) is 16.7 Å². The molecule has 196 valence electrons. The number of aromatic nitrogens is 3. The van der Waals surface area contributed by atoms with Gasteiger partial charge in [-0.15, -0.1) is 23.1 Å². The molecule has 0 bridgehead atoms. The highest BCUT2D eigenvalue weighted by Gasteiger charge is 2.54.